The maximum absolute atomic E-state index is 12.4. The van der Waals surface area contributed by atoms with Gasteiger partial charge >= 0.3 is 6.09 Å². The number of carbonyl (C=O) groups is 1. The standard InChI is InChI=1S/C18H27BrN2O4S/c1-18(2,3)25-17(22)21-10-8-15(9-11-21)13-20-26(23,24)16-6-4-14(12-19)5-7-16/h4-7,15,20H,8-13H2,1-3H3. The van der Waals surface area contributed by atoms with Gasteiger partial charge in [0.15, 0.2) is 0 Å². The van der Waals surface area contributed by atoms with E-state index < -0.39 is 15.6 Å². The molecule has 0 spiro atoms. The Balaban J connectivity index is 1.83. The van der Waals surface area contributed by atoms with Crippen LogP contribution in [0.4, 0.5) is 4.79 Å². The third-order valence-electron chi connectivity index (χ3n) is 4.22. The van der Waals surface area contributed by atoms with Crippen molar-refractivity contribution in [3.8, 4) is 0 Å². The molecule has 8 heteroatoms. The molecule has 0 saturated carbocycles. The van der Waals surface area contributed by atoms with Gasteiger partial charge in [0.2, 0.25) is 10.0 Å². The van der Waals surface area contributed by atoms with Gasteiger partial charge in [-0.25, -0.2) is 17.9 Å². The van der Waals surface area contributed by atoms with E-state index in [1.807, 2.05) is 20.8 Å². The Morgan fingerprint density at radius 1 is 1.23 bits per heavy atom. The zero-order valence-corrected chi connectivity index (χ0v) is 17.9. The molecule has 1 amide bonds. The molecule has 1 aliphatic heterocycles. The summed E-state index contributed by atoms with van der Waals surface area (Å²) in [5.41, 5.74) is 0.520. The average molecular weight is 447 g/mol. The SMILES string of the molecule is CC(C)(C)OC(=O)N1CCC(CNS(=O)(=O)c2ccc(CBr)cc2)CC1. The first kappa shape index (κ1) is 21.2. The van der Waals surface area contributed by atoms with Crippen molar-refractivity contribution in [3.05, 3.63) is 29.8 Å². The topological polar surface area (TPSA) is 75.7 Å². The highest BCUT2D eigenvalue weighted by molar-refractivity contribution is 9.08. The number of amides is 1. The highest BCUT2D eigenvalue weighted by Gasteiger charge is 2.27. The molecule has 1 heterocycles. The number of likely N-dealkylation sites (tertiary alicyclic amines) is 1. The molecule has 1 aromatic carbocycles. The van der Waals surface area contributed by atoms with Gasteiger partial charge in [0, 0.05) is 25.0 Å². The van der Waals surface area contributed by atoms with Crippen LogP contribution in [0.25, 0.3) is 0 Å². The molecule has 146 valence electrons. The quantitative estimate of drug-likeness (QED) is 0.701. The molecular weight excluding hydrogens is 420 g/mol. The van der Waals surface area contributed by atoms with Crippen molar-refractivity contribution in [1.82, 2.24) is 9.62 Å². The zero-order valence-electron chi connectivity index (χ0n) is 15.5. The van der Waals surface area contributed by atoms with Crippen LogP contribution >= 0.6 is 15.9 Å². The first-order valence-electron chi connectivity index (χ1n) is 8.73. The van der Waals surface area contributed by atoms with Crippen molar-refractivity contribution in [2.75, 3.05) is 19.6 Å². The molecule has 0 atom stereocenters. The molecule has 1 saturated heterocycles. The van der Waals surface area contributed by atoms with Crippen molar-refractivity contribution < 1.29 is 17.9 Å². The zero-order chi connectivity index (χ0) is 19.4. The summed E-state index contributed by atoms with van der Waals surface area (Å²) in [5.74, 6) is 0.213. The number of piperidine rings is 1. The second-order valence-corrected chi connectivity index (χ2v) is 9.87. The number of halogens is 1. The van der Waals surface area contributed by atoms with Gasteiger partial charge in [0.1, 0.15) is 5.60 Å². The fraction of sp³-hybridized carbons (Fsp3) is 0.611. The smallest absolute Gasteiger partial charge is 0.410 e. The summed E-state index contributed by atoms with van der Waals surface area (Å²) in [7, 11) is -3.51. The number of ether oxygens (including phenoxy) is 1. The van der Waals surface area contributed by atoms with Gasteiger partial charge in [-0.2, -0.15) is 0 Å². The summed E-state index contributed by atoms with van der Waals surface area (Å²) in [6, 6.07) is 6.82. The fourth-order valence-electron chi connectivity index (χ4n) is 2.71. The van der Waals surface area contributed by atoms with Crippen LogP contribution in [0.3, 0.4) is 0 Å². The van der Waals surface area contributed by atoms with Crippen molar-refractivity contribution in [2.24, 2.45) is 5.92 Å². The number of alkyl halides is 1. The lowest BCUT2D eigenvalue weighted by Gasteiger charge is -2.33. The van der Waals surface area contributed by atoms with Gasteiger partial charge in [-0.15, -0.1) is 0 Å². The van der Waals surface area contributed by atoms with Crippen LogP contribution in [-0.2, 0) is 20.1 Å². The number of benzene rings is 1. The van der Waals surface area contributed by atoms with E-state index >= 15 is 0 Å². The average Bonchev–Trinajstić information content (AvgIpc) is 2.59. The molecular formula is C18H27BrN2O4S. The maximum atomic E-state index is 12.4. The van der Waals surface area contributed by atoms with Crippen molar-refractivity contribution in [1.29, 1.82) is 0 Å². The third-order valence-corrected chi connectivity index (χ3v) is 6.30. The normalized spacial score (nSPS) is 16.5. The summed E-state index contributed by atoms with van der Waals surface area (Å²) >= 11 is 3.34. The summed E-state index contributed by atoms with van der Waals surface area (Å²) in [4.78, 5) is 14.0. The lowest BCUT2D eigenvalue weighted by atomic mass is 9.97. The first-order valence-corrected chi connectivity index (χ1v) is 11.3. The third kappa shape index (κ3) is 6.25. The number of nitrogens with one attached hydrogen (secondary N) is 1. The maximum Gasteiger partial charge on any atom is 0.410 e. The Bertz CT molecular complexity index is 706. The Hall–Kier alpha value is -1.12. The lowest BCUT2D eigenvalue weighted by Crippen LogP contribution is -2.43. The number of hydrogen-bond acceptors (Lipinski definition) is 4. The molecule has 0 aliphatic carbocycles. The second-order valence-electron chi connectivity index (χ2n) is 7.54. The van der Waals surface area contributed by atoms with Crippen LogP contribution in [-0.4, -0.2) is 44.6 Å². The number of carbonyl (C=O) groups excluding carboxylic acids is 1. The number of sulfonamides is 1. The van der Waals surface area contributed by atoms with Crippen LogP contribution in [0, 0.1) is 5.92 Å². The highest BCUT2D eigenvalue weighted by Crippen LogP contribution is 2.20. The molecule has 26 heavy (non-hydrogen) atoms. The molecule has 1 fully saturated rings. The van der Waals surface area contributed by atoms with Gasteiger partial charge in [0.25, 0.3) is 0 Å². The molecule has 0 aromatic heterocycles. The molecule has 1 N–H and O–H groups in total. The van der Waals surface area contributed by atoms with Gasteiger partial charge in [-0.3, -0.25) is 0 Å². The predicted octanol–water partition coefficient (Wildman–Crippen LogP) is 3.51. The van der Waals surface area contributed by atoms with Crippen molar-refractivity contribution in [3.63, 3.8) is 0 Å². The second kappa shape index (κ2) is 8.71. The van der Waals surface area contributed by atoms with Crippen LogP contribution in [0.1, 0.15) is 39.2 Å². The number of nitrogens with zero attached hydrogens (tertiary/aromatic N) is 1. The fourth-order valence-corrected chi connectivity index (χ4v) is 4.20. The van der Waals surface area contributed by atoms with Gasteiger partial charge < -0.3 is 9.64 Å². The largest absolute Gasteiger partial charge is 0.444 e. The summed E-state index contributed by atoms with van der Waals surface area (Å²) in [6.45, 7) is 7.08. The van der Waals surface area contributed by atoms with Crippen molar-refractivity contribution in [2.45, 2.75) is 49.4 Å². The summed E-state index contributed by atoms with van der Waals surface area (Å²) in [5, 5.41) is 0.691. The molecule has 0 unspecified atom stereocenters. The predicted molar refractivity (Wildman–Crippen MR) is 105 cm³/mol. The summed E-state index contributed by atoms with van der Waals surface area (Å²) in [6.07, 6.45) is 1.21. The minimum absolute atomic E-state index is 0.213. The monoisotopic (exact) mass is 446 g/mol. The van der Waals surface area contributed by atoms with Crippen LogP contribution in [0.15, 0.2) is 29.2 Å². The van der Waals surface area contributed by atoms with Gasteiger partial charge in [0.05, 0.1) is 4.90 Å². The van der Waals surface area contributed by atoms with Crippen molar-refractivity contribution >= 4 is 32.0 Å². The van der Waals surface area contributed by atoms with Crippen LogP contribution in [0.2, 0.25) is 0 Å². The Morgan fingerprint density at radius 2 is 1.81 bits per heavy atom. The van der Waals surface area contributed by atoms with E-state index in [0.29, 0.717) is 25.0 Å². The Labute approximate surface area is 164 Å². The van der Waals surface area contributed by atoms with E-state index in [-0.39, 0.29) is 16.9 Å². The van der Waals surface area contributed by atoms with Gasteiger partial charge in [-0.1, -0.05) is 28.1 Å². The minimum Gasteiger partial charge on any atom is -0.444 e. The van der Waals surface area contributed by atoms with Gasteiger partial charge in [-0.05, 0) is 57.2 Å². The highest BCUT2D eigenvalue weighted by atomic mass is 79.9. The van der Waals surface area contributed by atoms with E-state index in [1.54, 1.807) is 29.2 Å². The van der Waals surface area contributed by atoms with E-state index in [1.165, 1.54) is 0 Å². The Morgan fingerprint density at radius 3 is 2.31 bits per heavy atom. The summed E-state index contributed by atoms with van der Waals surface area (Å²) < 4.78 is 32.9. The van der Waals surface area contributed by atoms with Crippen LogP contribution in [0.5, 0.6) is 0 Å². The first-order chi connectivity index (χ1) is 12.1. The Kier molecular flexibility index (Phi) is 7.10. The van der Waals surface area contributed by atoms with Crippen LogP contribution < -0.4 is 4.72 Å². The van der Waals surface area contributed by atoms with E-state index in [9.17, 15) is 13.2 Å². The lowest BCUT2D eigenvalue weighted by molar-refractivity contribution is 0.0185. The molecule has 0 bridgehead atoms. The number of rotatable bonds is 5. The molecule has 1 aliphatic rings. The minimum atomic E-state index is -3.51. The van der Waals surface area contributed by atoms with E-state index in [2.05, 4.69) is 20.7 Å². The molecule has 6 nitrogen and oxygen atoms in total. The van der Waals surface area contributed by atoms with E-state index in [4.69, 9.17) is 4.74 Å². The molecule has 2 rings (SSSR count). The molecule has 1 aromatic rings. The van der Waals surface area contributed by atoms with E-state index in [0.717, 1.165) is 18.4 Å². The molecule has 0 radical (unpaired) electrons. The number of hydrogen-bond donors (Lipinski definition) is 1.